The van der Waals surface area contributed by atoms with Crippen LogP contribution in [0.15, 0.2) is 48.5 Å². The van der Waals surface area contributed by atoms with Crippen molar-refractivity contribution in [2.24, 2.45) is 0 Å². The quantitative estimate of drug-likeness (QED) is 0.914. The third kappa shape index (κ3) is 3.07. The normalized spacial score (nSPS) is 17.0. The van der Waals surface area contributed by atoms with Crippen LogP contribution in [0.25, 0.3) is 0 Å². The molecule has 0 radical (unpaired) electrons. The zero-order valence-electron chi connectivity index (χ0n) is 11.3. The van der Waals surface area contributed by atoms with E-state index in [1.165, 1.54) is 6.07 Å². The van der Waals surface area contributed by atoms with Gasteiger partial charge in [0.25, 0.3) is 0 Å². The van der Waals surface area contributed by atoms with E-state index in [1.807, 2.05) is 24.3 Å². The van der Waals surface area contributed by atoms with E-state index in [0.717, 1.165) is 17.7 Å². The summed E-state index contributed by atoms with van der Waals surface area (Å²) in [7, 11) is 0. The minimum atomic E-state index is -2.84. The first kappa shape index (κ1) is 13.7. The minimum Gasteiger partial charge on any atom is -0.493 e. The second kappa shape index (κ2) is 5.99. The maximum atomic E-state index is 12.4. The highest BCUT2D eigenvalue weighted by molar-refractivity contribution is 5.58. The average molecular weight is 291 g/mol. The summed E-state index contributed by atoms with van der Waals surface area (Å²) >= 11 is 0. The molecule has 3 nitrogen and oxygen atoms in total. The van der Waals surface area contributed by atoms with Crippen molar-refractivity contribution >= 4 is 5.69 Å². The number of alkyl halides is 2. The van der Waals surface area contributed by atoms with E-state index in [0.29, 0.717) is 12.3 Å². The largest absolute Gasteiger partial charge is 0.493 e. The van der Waals surface area contributed by atoms with E-state index < -0.39 is 6.61 Å². The molecule has 0 amide bonds. The van der Waals surface area contributed by atoms with Crippen LogP contribution in [0.4, 0.5) is 14.5 Å². The predicted molar refractivity (Wildman–Crippen MR) is 76.0 cm³/mol. The number of ether oxygens (including phenoxy) is 2. The predicted octanol–water partition coefficient (Wildman–Crippen LogP) is 4.22. The molecule has 0 bridgehead atoms. The van der Waals surface area contributed by atoms with Crippen molar-refractivity contribution in [1.82, 2.24) is 0 Å². The number of benzene rings is 2. The zero-order chi connectivity index (χ0) is 14.7. The lowest BCUT2D eigenvalue weighted by atomic mass is 10.0. The van der Waals surface area contributed by atoms with Gasteiger partial charge in [-0.05, 0) is 18.2 Å². The molecule has 3 rings (SSSR count). The van der Waals surface area contributed by atoms with Crippen molar-refractivity contribution in [3.8, 4) is 11.5 Å². The molecule has 2 aromatic carbocycles. The third-order valence-electron chi connectivity index (χ3n) is 3.39. The second-order valence-corrected chi connectivity index (χ2v) is 4.75. The Bertz CT molecular complexity index is 619. The van der Waals surface area contributed by atoms with E-state index in [4.69, 9.17) is 4.74 Å². The number of fused-ring (bicyclic) bond motifs is 1. The lowest BCUT2D eigenvalue weighted by Gasteiger charge is -2.28. The van der Waals surface area contributed by atoms with Crippen LogP contribution in [-0.2, 0) is 0 Å². The van der Waals surface area contributed by atoms with Gasteiger partial charge in [-0.25, -0.2) is 0 Å². The van der Waals surface area contributed by atoms with Gasteiger partial charge in [0.15, 0.2) is 0 Å². The highest BCUT2D eigenvalue weighted by Crippen LogP contribution is 2.36. The Morgan fingerprint density at radius 2 is 1.86 bits per heavy atom. The number of hydrogen-bond acceptors (Lipinski definition) is 3. The first-order chi connectivity index (χ1) is 10.2. The average Bonchev–Trinajstić information content (AvgIpc) is 2.49. The Morgan fingerprint density at radius 1 is 1.10 bits per heavy atom. The second-order valence-electron chi connectivity index (χ2n) is 4.75. The lowest BCUT2D eigenvalue weighted by Crippen LogP contribution is -2.20. The van der Waals surface area contributed by atoms with E-state index in [2.05, 4.69) is 10.1 Å². The molecule has 1 aliphatic rings. The molecule has 2 aromatic rings. The lowest BCUT2D eigenvalue weighted by molar-refractivity contribution is -0.0494. The Labute approximate surface area is 121 Å². The molecule has 0 aromatic heterocycles. The van der Waals surface area contributed by atoms with Gasteiger partial charge >= 0.3 is 6.61 Å². The van der Waals surface area contributed by atoms with E-state index >= 15 is 0 Å². The fraction of sp³-hybridized carbons (Fsp3) is 0.250. The van der Waals surface area contributed by atoms with Gasteiger partial charge in [0.1, 0.15) is 11.5 Å². The van der Waals surface area contributed by atoms with Crippen LogP contribution in [0.2, 0.25) is 0 Å². The molecule has 110 valence electrons. The van der Waals surface area contributed by atoms with Crippen molar-refractivity contribution in [3.05, 3.63) is 54.1 Å². The zero-order valence-corrected chi connectivity index (χ0v) is 11.3. The van der Waals surface area contributed by atoms with Gasteiger partial charge in [0, 0.05) is 12.0 Å². The van der Waals surface area contributed by atoms with Crippen LogP contribution in [-0.4, -0.2) is 13.2 Å². The van der Waals surface area contributed by atoms with Crippen LogP contribution in [0.3, 0.4) is 0 Å². The molecule has 0 saturated heterocycles. The summed E-state index contributed by atoms with van der Waals surface area (Å²) in [5, 5.41) is 3.27. The number of anilines is 1. The van der Waals surface area contributed by atoms with Crippen LogP contribution in [0.1, 0.15) is 18.0 Å². The first-order valence-electron chi connectivity index (χ1n) is 6.76. The Hall–Kier alpha value is -2.30. The molecule has 1 heterocycles. The summed E-state index contributed by atoms with van der Waals surface area (Å²) in [6, 6.07) is 14.5. The van der Waals surface area contributed by atoms with Gasteiger partial charge in [0.2, 0.25) is 0 Å². The minimum absolute atomic E-state index is 0.0115. The molecule has 0 spiro atoms. The van der Waals surface area contributed by atoms with Gasteiger partial charge in [-0.15, -0.1) is 0 Å². The van der Waals surface area contributed by atoms with E-state index in [9.17, 15) is 8.78 Å². The van der Waals surface area contributed by atoms with Gasteiger partial charge in [-0.2, -0.15) is 8.78 Å². The Kier molecular flexibility index (Phi) is 3.90. The summed E-state index contributed by atoms with van der Waals surface area (Å²) in [5.74, 6) is 0.977. The Morgan fingerprint density at radius 3 is 2.71 bits per heavy atom. The molecule has 1 N–H and O–H groups in total. The van der Waals surface area contributed by atoms with Crippen molar-refractivity contribution in [3.63, 3.8) is 0 Å². The molecule has 1 aliphatic heterocycles. The van der Waals surface area contributed by atoms with Crippen molar-refractivity contribution in [2.45, 2.75) is 19.1 Å². The summed E-state index contributed by atoms with van der Waals surface area (Å²) in [6.07, 6.45) is 0.764. The first-order valence-corrected chi connectivity index (χ1v) is 6.76. The van der Waals surface area contributed by atoms with Gasteiger partial charge in [0.05, 0.1) is 18.3 Å². The maximum absolute atomic E-state index is 12.4. The van der Waals surface area contributed by atoms with Crippen molar-refractivity contribution in [2.75, 3.05) is 11.9 Å². The molecule has 21 heavy (non-hydrogen) atoms. The number of halogens is 2. The summed E-state index contributed by atoms with van der Waals surface area (Å²) < 4.78 is 35.0. The molecule has 0 aliphatic carbocycles. The van der Waals surface area contributed by atoms with E-state index in [-0.39, 0.29) is 11.8 Å². The number of rotatable bonds is 4. The molecule has 0 saturated carbocycles. The molecular weight excluding hydrogens is 276 g/mol. The highest BCUT2D eigenvalue weighted by Gasteiger charge is 2.22. The van der Waals surface area contributed by atoms with Gasteiger partial charge < -0.3 is 14.8 Å². The third-order valence-corrected chi connectivity index (χ3v) is 3.39. The standard InChI is InChI=1S/C16H15F2NO2/c17-16(18)21-15-8-4-2-6-13(15)19-12-9-10-20-14-7-3-1-5-11(12)14/h1-8,12,16,19H,9-10H2. The van der Waals surface area contributed by atoms with Crippen LogP contribution in [0, 0.1) is 0 Å². The molecule has 1 atom stereocenters. The fourth-order valence-electron chi connectivity index (χ4n) is 2.46. The summed E-state index contributed by atoms with van der Waals surface area (Å²) in [4.78, 5) is 0. The van der Waals surface area contributed by atoms with Crippen molar-refractivity contribution in [1.29, 1.82) is 0 Å². The summed E-state index contributed by atoms with van der Waals surface area (Å²) in [6.45, 7) is -2.25. The number of hydrogen-bond donors (Lipinski definition) is 1. The van der Waals surface area contributed by atoms with Crippen molar-refractivity contribution < 1.29 is 18.3 Å². The van der Waals surface area contributed by atoms with Crippen LogP contribution < -0.4 is 14.8 Å². The SMILES string of the molecule is FC(F)Oc1ccccc1NC1CCOc2ccccc21. The topological polar surface area (TPSA) is 30.5 Å². The fourth-order valence-corrected chi connectivity index (χ4v) is 2.46. The smallest absolute Gasteiger partial charge is 0.387 e. The Balaban J connectivity index is 1.85. The van der Waals surface area contributed by atoms with Gasteiger partial charge in [-0.1, -0.05) is 30.3 Å². The number of nitrogens with one attached hydrogen (secondary N) is 1. The van der Waals surface area contributed by atoms with E-state index in [1.54, 1.807) is 18.2 Å². The molecular formula is C16H15F2NO2. The molecule has 5 heteroatoms. The summed E-state index contributed by atoms with van der Waals surface area (Å²) in [5.41, 5.74) is 1.58. The van der Waals surface area contributed by atoms with Crippen LogP contribution in [0.5, 0.6) is 11.5 Å². The van der Waals surface area contributed by atoms with Gasteiger partial charge in [-0.3, -0.25) is 0 Å². The monoisotopic (exact) mass is 291 g/mol. The highest BCUT2D eigenvalue weighted by atomic mass is 19.3. The molecule has 1 unspecified atom stereocenters. The number of para-hydroxylation sites is 3. The maximum Gasteiger partial charge on any atom is 0.387 e. The van der Waals surface area contributed by atoms with Crippen LogP contribution >= 0.6 is 0 Å². The molecule has 0 fully saturated rings.